The molecule has 0 spiro atoms. The first-order valence-corrected chi connectivity index (χ1v) is 3.40. The Bertz CT molecular complexity index is 179. The van der Waals surface area contributed by atoms with E-state index in [2.05, 4.69) is 25.2 Å². The van der Waals surface area contributed by atoms with Crippen molar-refractivity contribution in [1.82, 2.24) is 0 Å². The normalized spacial score (nSPS) is 39.0. The Morgan fingerprint density at radius 1 is 1.67 bits per heavy atom. The number of hydrogen-bond acceptors (Lipinski definition) is 1. The number of ether oxygens (including phenoxy) is 1. The average Bonchev–Trinajstić information content (AvgIpc) is 1.86. The lowest BCUT2D eigenvalue weighted by atomic mass is 9.92. The van der Waals surface area contributed by atoms with E-state index in [1.165, 1.54) is 5.57 Å². The van der Waals surface area contributed by atoms with Crippen LogP contribution in [0.15, 0.2) is 23.8 Å². The van der Waals surface area contributed by atoms with Crippen molar-refractivity contribution < 1.29 is 4.74 Å². The summed E-state index contributed by atoms with van der Waals surface area (Å²) >= 11 is 0. The van der Waals surface area contributed by atoms with Crippen LogP contribution in [0.25, 0.3) is 0 Å². The van der Waals surface area contributed by atoms with Crippen LogP contribution in [0.1, 0.15) is 13.3 Å². The molecule has 0 saturated carbocycles. The first-order chi connectivity index (χ1) is 4.38. The van der Waals surface area contributed by atoms with Crippen LogP contribution in [-0.4, -0.2) is 12.2 Å². The Kier molecular flexibility index (Phi) is 0.995. The van der Waals surface area contributed by atoms with Crippen LogP contribution in [0.4, 0.5) is 0 Å². The van der Waals surface area contributed by atoms with Crippen molar-refractivity contribution in [3.63, 3.8) is 0 Å². The molecule has 0 radical (unpaired) electrons. The molecule has 0 amide bonds. The van der Waals surface area contributed by atoms with Gasteiger partial charge in [0.05, 0.1) is 12.2 Å². The van der Waals surface area contributed by atoms with Crippen molar-refractivity contribution in [2.24, 2.45) is 0 Å². The van der Waals surface area contributed by atoms with Crippen molar-refractivity contribution in [2.45, 2.75) is 25.6 Å². The topological polar surface area (TPSA) is 9.23 Å². The van der Waals surface area contributed by atoms with E-state index in [1.54, 1.807) is 0 Å². The van der Waals surface area contributed by atoms with E-state index in [1.807, 2.05) is 0 Å². The summed E-state index contributed by atoms with van der Waals surface area (Å²) in [5, 5.41) is 0. The van der Waals surface area contributed by atoms with Crippen molar-refractivity contribution in [1.29, 1.82) is 0 Å². The van der Waals surface area contributed by atoms with Crippen LogP contribution in [-0.2, 0) is 4.74 Å². The van der Waals surface area contributed by atoms with Crippen molar-refractivity contribution in [3.8, 4) is 0 Å². The van der Waals surface area contributed by atoms with Crippen LogP contribution >= 0.6 is 0 Å². The molecular weight excluding hydrogens is 112 g/mol. The van der Waals surface area contributed by atoms with Gasteiger partial charge in [-0.15, -0.1) is 0 Å². The summed E-state index contributed by atoms with van der Waals surface area (Å²) in [5.41, 5.74) is 1.47. The molecule has 0 aromatic heterocycles. The van der Waals surface area contributed by atoms with E-state index in [-0.39, 0.29) is 0 Å². The van der Waals surface area contributed by atoms with Gasteiger partial charge in [-0.2, -0.15) is 0 Å². The zero-order valence-electron chi connectivity index (χ0n) is 5.50. The molecular formula is C8H10O. The summed E-state index contributed by atoms with van der Waals surface area (Å²) in [5.74, 6) is 0. The van der Waals surface area contributed by atoms with Crippen LogP contribution in [0.5, 0.6) is 0 Å². The van der Waals surface area contributed by atoms with Crippen LogP contribution in [0.2, 0.25) is 0 Å². The van der Waals surface area contributed by atoms with Gasteiger partial charge in [-0.3, -0.25) is 0 Å². The van der Waals surface area contributed by atoms with Gasteiger partial charge in [0.1, 0.15) is 0 Å². The lowest BCUT2D eigenvalue weighted by molar-refractivity contribution is -0.0449. The molecule has 1 unspecified atom stereocenters. The molecule has 2 aliphatic rings. The van der Waals surface area contributed by atoms with Crippen LogP contribution in [0.3, 0.4) is 0 Å². The van der Waals surface area contributed by atoms with Crippen LogP contribution < -0.4 is 0 Å². The van der Waals surface area contributed by atoms with Gasteiger partial charge in [0.25, 0.3) is 0 Å². The van der Waals surface area contributed by atoms with Gasteiger partial charge >= 0.3 is 0 Å². The zero-order valence-corrected chi connectivity index (χ0v) is 5.50. The number of rotatable bonds is 0. The fourth-order valence-electron chi connectivity index (χ4n) is 1.41. The highest BCUT2D eigenvalue weighted by atomic mass is 16.5. The second kappa shape index (κ2) is 1.71. The first kappa shape index (κ1) is 5.24. The molecule has 0 aromatic rings. The number of allylic oxidation sites excluding steroid dienone is 2. The minimum atomic E-state index is 0.389. The van der Waals surface area contributed by atoms with Crippen LogP contribution in [0, 0.1) is 0 Å². The third-order valence-electron chi connectivity index (χ3n) is 1.98. The van der Waals surface area contributed by atoms with Gasteiger partial charge in [-0.05, 0) is 18.9 Å². The van der Waals surface area contributed by atoms with E-state index in [0.717, 1.165) is 6.42 Å². The molecule has 1 aliphatic carbocycles. The largest absolute Gasteiger partial charge is 0.366 e. The SMILES string of the molecule is C[C@H]1OC2CC=CC=C21. The minimum Gasteiger partial charge on any atom is -0.366 e. The summed E-state index contributed by atoms with van der Waals surface area (Å²) < 4.78 is 5.42. The maximum atomic E-state index is 5.42. The summed E-state index contributed by atoms with van der Waals surface area (Å²) in [4.78, 5) is 0. The Morgan fingerprint density at radius 3 is 3.11 bits per heavy atom. The van der Waals surface area contributed by atoms with Gasteiger partial charge < -0.3 is 4.74 Å². The van der Waals surface area contributed by atoms with Gasteiger partial charge in [0.15, 0.2) is 0 Å². The average molecular weight is 122 g/mol. The third kappa shape index (κ3) is 0.648. The van der Waals surface area contributed by atoms with Gasteiger partial charge in [-0.25, -0.2) is 0 Å². The maximum absolute atomic E-state index is 5.42. The zero-order chi connectivity index (χ0) is 6.27. The summed E-state index contributed by atoms with van der Waals surface area (Å²) in [6, 6.07) is 0. The van der Waals surface area contributed by atoms with Gasteiger partial charge in [-0.1, -0.05) is 18.2 Å². The Morgan fingerprint density at radius 2 is 2.56 bits per heavy atom. The molecule has 2 atom stereocenters. The molecule has 1 fully saturated rings. The summed E-state index contributed by atoms with van der Waals surface area (Å²) in [7, 11) is 0. The molecule has 0 aromatic carbocycles. The summed E-state index contributed by atoms with van der Waals surface area (Å²) in [6.45, 7) is 2.10. The molecule has 48 valence electrons. The molecule has 1 heteroatoms. The third-order valence-corrected chi connectivity index (χ3v) is 1.98. The molecule has 1 nitrogen and oxygen atoms in total. The molecule has 2 rings (SSSR count). The smallest absolute Gasteiger partial charge is 0.0855 e. The minimum absolute atomic E-state index is 0.389. The maximum Gasteiger partial charge on any atom is 0.0855 e. The second-order valence-corrected chi connectivity index (χ2v) is 2.60. The monoisotopic (exact) mass is 122 g/mol. The number of fused-ring (bicyclic) bond motifs is 1. The van der Waals surface area contributed by atoms with Crippen molar-refractivity contribution in [2.75, 3.05) is 0 Å². The highest BCUT2D eigenvalue weighted by molar-refractivity contribution is 5.29. The van der Waals surface area contributed by atoms with E-state index >= 15 is 0 Å². The lowest BCUT2D eigenvalue weighted by Gasteiger charge is -2.38. The standard InChI is InChI=1S/C8H10O/c1-6-7-4-2-3-5-8(7)9-6/h2-4,6,8H,5H2,1H3/t6-,8?/m1/s1. The highest BCUT2D eigenvalue weighted by Crippen LogP contribution is 2.32. The second-order valence-electron chi connectivity index (χ2n) is 2.60. The molecule has 1 heterocycles. The Balaban J connectivity index is 2.21. The van der Waals surface area contributed by atoms with Gasteiger partial charge in [0.2, 0.25) is 0 Å². The Labute approximate surface area is 55.0 Å². The van der Waals surface area contributed by atoms with Gasteiger partial charge in [0, 0.05) is 0 Å². The molecule has 9 heavy (non-hydrogen) atoms. The Hall–Kier alpha value is -0.560. The summed E-state index contributed by atoms with van der Waals surface area (Å²) in [6.07, 6.45) is 8.34. The molecule has 0 N–H and O–H groups in total. The molecule has 1 aliphatic heterocycles. The van der Waals surface area contributed by atoms with E-state index in [4.69, 9.17) is 4.74 Å². The predicted octanol–water partition coefficient (Wildman–Crippen LogP) is 1.66. The predicted molar refractivity (Wildman–Crippen MR) is 36.2 cm³/mol. The lowest BCUT2D eigenvalue weighted by Crippen LogP contribution is -2.39. The van der Waals surface area contributed by atoms with E-state index in [0.29, 0.717) is 12.2 Å². The van der Waals surface area contributed by atoms with Crippen molar-refractivity contribution >= 4 is 0 Å². The van der Waals surface area contributed by atoms with E-state index in [9.17, 15) is 0 Å². The number of hydrogen-bond donors (Lipinski definition) is 0. The quantitative estimate of drug-likeness (QED) is 0.474. The van der Waals surface area contributed by atoms with E-state index < -0.39 is 0 Å². The molecule has 1 saturated heterocycles. The molecule has 0 bridgehead atoms. The van der Waals surface area contributed by atoms with Crippen molar-refractivity contribution in [3.05, 3.63) is 23.8 Å². The first-order valence-electron chi connectivity index (χ1n) is 3.40. The highest BCUT2D eigenvalue weighted by Gasteiger charge is 2.32. The fourth-order valence-corrected chi connectivity index (χ4v) is 1.41. The fraction of sp³-hybridized carbons (Fsp3) is 0.500.